The van der Waals surface area contributed by atoms with Crippen molar-refractivity contribution in [3.8, 4) is 0 Å². The number of hydrogen-bond donors (Lipinski definition) is 1. The second-order valence-electron chi connectivity index (χ2n) is 33.0. The van der Waals surface area contributed by atoms with Gasteiger partial charge in [0.1, 0.15) is 0 Å². The van der Waals surface area contributed by atoms with Crippen LogP contribution >= 0.6 is 31.7 Å². The molecule has 94 heavy (non-hydrogen) atoms. The summed E-state index contributed by atoms with van der Waals surface area (Å²) in [6.45, 7) is 0.824. The van der Waals surface area contributed by atoms with E-state index in [1.165, 1.54) is 67.9 Å². The van der Waals surface area contributed by atoms with E-state index in [0.717, 1.165) is 18.7 Å². The van der Waals surface area contributed by atoms with Gasteiger partial charge in [-0.05, 0) is 315 Å². The summed E-state index contributed by atoms with van der Waals surface area (Å²) in [5.74, 6) is 0. The Hall–Kier alpha value is 3.26. The van der Waals surface area contributed by atoms with Gasteiger partial charge in [0.2, 0.25) is 0 Å². The maximum absolute atomic E-state index is 4.41. The molecule has 1 aliphatic heterocycles. The number of para-hydroxylation sites is 1. The van der Waals surface area contributed by atoms with Crippen molar-refractivity contribution in [2.75, 3.05) is 11.9 Å². The van der Waals surface area contributed by atoms with Crippen LogP contribution in [0.3, 0.4) is 0 Å². The smallest absolute Gasteiger partial charge is 0.0680 e. The van der Waals surface area contributed by atoms with E-state index in [1.54, 1.807) is 385 Å². The molecule has 1 radical (unpaired) electrons. The molecule has 0 amide bonds. The molecular formula is C83H150AuN2P4Pt2S2. The standard InChI is InChI=1S/4C18H33P.C11H12N2.Au.2Pt.2H2S/c4*1-4-10-16(11-5-1)19(17-12-6-2-7-13-17)18-14-8-3-9-15-18;1-2-6-10(7-3-1)13-11-8-4-5-9-12-11;;;;;/h4*16-18H,1-15H2;1-6,11,13H,8-9H2;;;;2*1H2/q;;;;-2;;;;;/p+2. The fourth-order valence-corrected chi connectivity index (χ4v) is 43.5. The summed E-state index contributed by atoms with van der Waals surface area (Å²) in [6.07, 6.45) is 101. The van der Waals surface area contributed by atoms with Crippen molar-refractivity contribution in [1.29, 1.82) is 0 Å². The van der Waals surface area contributed by atoms with Crippen LogP contribution in [0.5, 0.6) is 0 Å². The van der Waals surface area contributed by atoms with E-state index in [2.05, 4.69) is 28.9 Å². The number of benzene rings is 1. The van der Waals surface area contributed by atoms with Gasteiger partial charge in [-0.1, -0.05) is 95.0 Å². The van der Waals surface area contributed by atoms with Crippen LogP contribution in [0, 0.1) is 6.07 Å². The summed E-state index contributed by atoms with van der Waals surface area (Å²) in [5.41, 5.74) is 15.7. The Kier molecular flexibility index (Phi) is 49.6. The predicted octanol–water partition coefficient (Wildman–Crippen LogP) is 26.8. The van der Waals surface area contributed by atoms with Crippen LogP contribution in [0.4, 0.5) is 5.69 Å². The molecule has 14 rings (SSSR count). The molecule has 12 aliphatic carbocycles. The van der Waals surface area contributed by atoms with Crippen LogP contribution in [-0.2, 0) is 91.5 Å². The topological polar surface area (TPSA) is 26.1 Å². The molecule has 12 fully saturated rings. The molecule has 11 heteroatoms. The normalized spacial score (nSPS) is 26.3. The summed E-state index contributed by atoms with van der Waals surface area (Å²) >= 11 is 0. The number of thiol groups is 2. The molecule has 1 heterocycles. The van der Waals surface area contributed by atoms with Gasteiger partial charge in [-0.25, -0.2) is 0 Å². The van der Waals surface area contributed by atoms with Crippen molar-refractivity contribution in [3.05, 3.63) is 47.8 Å². The van der Waals surface area contributed by atoms with E-state index >= 15 is 0 Å². The third-order valence-electron chi connectivity index (χ3n) is 26.9. The van der Waals surface area contributed by atoms with Crippen molar-refractivity contribution in [1.82, 2.24) is 0 Å². The first-order valence-corrected chi connectivity index (χ1v) is 48.7. The molecule has 13 aliphatic rings. The van der Waals surface area contributed by atoms with Gasteiger partial charge >= 0.3 is 0 Å². The molecular weight excluding hydrogens is 1800 g/mol. The Morgan fingerprint density at radius 2 is 0.468 bits per heavy atom. The van der Waals surface area contributed by atoms with E-state index in [-0.39, 0.29) is 129 Å². The van der Waals surface area contributed by atoms with Gasteiger partial charge < -0.3 is 37.6 Å². The summed E-state index contributed by atoms with van der Waals surface area (Å²) < 4.78 is 0. The molecule has 1 aromatic rings. The molecule has 1 aromatic carbocycles. The van der Waals surface area contributed by atoms with Gasteiger partial charge in [0, 0.05) is 96.2 Å². The first-order chi connectivity index (χ1) is 44.2. The van der Waals surface area contributed by atoms with Crippen LogP contribution in [0.1, 0.15) is 392 Å². The zero-order valence-electron chi connectivity index (χ0n) is 60.6. The molecule has 1 atom stereocenters. The van der Waals surface area contributed by atoms with E-state index < -0.39 is 0 Å². The Morgan fingerprint density at radius 1 is 0.277 bits per heavy atom. The quantitative estimate of drug-likeness (QED) is 0.0502. The Labute approximate surface area is 648 Å². The van der Waals surface area contributed by atoms with Gasteiger partial charge in [-0.2, -0.15) is 24.3 Å². The third-order valence-corrected chi connectivity index (χ3v) is 45.1. The van der Waals surface area contributed by atoms with E-state index in [9.17, 15) is 0 Å². The second kappa shape index (κ2) is 53.1. The molecule has 1 N–H and O–H groups in total. The summed E-state index contributed by atoms with van der Waals surface area (Å²) in [6, 6.07) is 11.0. The molecule has 0 aromatic heterocycles. The molecule has 2 nitrogen and oxygen atoms in total. The molecule has 555 valence electrons. The van der Waals surface area contributed by atoms with E-state index in [4.69, 9.17) is 0 Å². The zero-order chi connectivity index (χ0) is 60.6. The molecule has 1 unspecified atom stereocenters. The Balaban J connectivity index is 0.000000211. The van der Waals surface area contributed by atoms with Gasteiger partial charge in [0.25, 0.3) is 0 Å². The molecule has 0 saturated heterocycles. The van der Waals surface area contributed by atoms with Crippen molar-refractivity contribution in [3.63, 3.8) is 0 Å². The van der Waals surface area contributed by atoms with Crippen LogP contribution < -0.4 is 5.32 Å². The molecule has 12 saturated carbocycles. The summed E-state index contributed by atoms with van der Waals surface area (Å²) in [7, 11) is -0.186. The maximum Gasteiger partial charge on any atom is 0.0680 e. The van der Waals surface area contributed by atoms with Crippen LogP contribution in [-0.4, -0.2) is 80.6 Å². The Morgan fingerprint density at radius 3 is 0.617 bits per heavy atom. The number of nitrogens with one attached hydrogen (secondary N) is 1. The number of nitrogens with zero attached hydrogens (tertiary/aromatic N) is 1. The van der Waals surface area contributed by atoms with Crippen LogP contribution in [0.2, 0.25) is 0 Å². The summed E-state index contributed by atoms with van der Waals surface area (Å²) in [5, 5.41) is 7.71. The van der Waals surface area contributed by atoms with Gasteiger partial charge in [-0.15, -0.1) is 18.7 Å². The van der Waals surface area contributed by atoms with Crippen molar-refractivity contribution >= 4 is 64.4 Å². The van der Waals surface area contributed by atoms with E-state index in [1.807, 2.05) is 24.3 Å². The SMILES string of the molecule is C1CCC([PH+](C2CCCCC2)C2CCCCC2)CC1.C1CCC([PH+](C2CCCCC2)C2CCCCC2)CC1.C1CCC([PH+](C2CCCCC2)C2CCCCC2)CC1.C1CCC([PH+](C2CCCCC2)C2CCCCC2)CC1.[Au].[Pt].[Pt].[SH-].[SH-].[c-]1ccccc1NC1CC=CC[N-]1. The fourth-order valence-electron chi connectivity index (χ4n) is 22.6. The van der Waals surface area contributed by atoms with Gasteiger partial charge in [-0.3, -0.25) is 0 Å². The van der Waals surface area contributed by atoms with Crippen molar-refractivity contribution < 1.29 is 64.5 Å². The van der Waals surface area contributed by atoms with Gasteiger partial charge in [0.15, 0.2) is 0 Å². The first kappa shape index (κ1) is 87.9. The van der Waals surface area contributed by atoms with Crippen LogP contribution in [0.25, 0.3) is 5.32 Å². The maximum atomic E-state index is 4.41. The number of anilines is 1. The van der Waals surface area contributed by atoms with Crippen molar-refractivity contribution in [2.24, 2.45) is 0 Å². The average Bonchev–Trinajstić information content (AvgIpc) is 0.892. The first-order valence-electron chi connectivity index (χ1n) is 41.8. The van der Waals surface area contributed by atoms with Gasteiger partial charge in [0.05, 0.1) is 67.9 Å². The van der Waals surface area contributed by atoms with E-state index in [0.29, 0.717) is 0 Å². The van der Waals surface area contributed by atoms with Crippen molar-refractivity contribution in [2.45, 2.75) is 466 Å². The largest absolute Gasteiger partial charge is 0.813 e. The number of rotatable bonds is 14. The number of hydrogen-bond acceptors (Lipinski definition) is 3. The minimum absolute atomic E-state index is 0. The summed E-state index contributed by atoms with van der Waals surface area (Å²) in [4.78, 5) is 0. The third kappa shape index (κ3) is 30.3. The minimum Gasteiger partial charge on any atom is -0.813 e. The molecule has 0 spiro atoms. The monoisotopic (exact) mass is 1950 g/mol. The Bertz CT molecular complexity index is 1560. The zero-order valence-corrected chi connectivity index (χ0v) is 73.1. The predicted molar refractivity (Wildman–Crippen MR) is 428 cm³/mol. The minimum atomic E-state index is -0.0465. The van der Waals surface area contributed by atoms with Crippen LogP contribution in [0.15, 0.2) is 36.4 Å². The average molecular weight is 1950 g/mol. The molecule has 0 bridgehead atoms. The second-order valence-corrected chi connectivity index (χ2v) is 46.8. The fraction of sp³-hybridized carbons (Fsp3) is 0.904.